The largest absolute Gasteiger partial charge is 0.463 e. The molecule has 0 saturated carbocycles. The summed E-state index contributed by atoms with van der Waals surface area (Å²) in [5.74, 6) is -0.416. The van der Waals surface area contributed by atoms with E-state index < -0.39 is 17.8 Å². The molecule has 0 atom stereocenters. The van der Waals surface area contributed by atoms with Gasteiger partial charge in [0.1, 0.15) is 11.4 Å². The van der Waals surface area contributed by atoms with E-state index in [0.29, 0.717) is 10.7 Å². The summed E-state index contributed by atoms with van der Waals surface area (Å²) in [6.45, 7) is 0. The van der Waals surface area contributed by atoms with Crippen LogP contribution >= 0.6 is 35.1 Å². The number of para-hydroxylation sites is 1. The molecule has 0 saturated heterocycles. The first-order valence-electron chi connectivity index (χ1n) is 9.73. The summed E-state index contributed by atoms with van der Waals surface area (Å²) >= 11 is 8.17. The van der Waals surface area contributed by atoms with Crippen molar-refractivity contribution in [1.82, 2.24) is 9.97 Å². The molecule has 174 valence electrons. The molecule has 2 aromatic carbocycles. The second-order valence-corrected chi connectivity index (χ2v) is 9.28. The molecule has 2 aromatic heterocycles. The van der Waals surface area contributed by atoms with Gasteiger partial charge >= 0.3 is 6.18 Å². The fraction of sp³-hybridized carbons (Fsp3) is 0.0870. The summed E-state index contributed by atoms with van der Waals surface area (Å²) in [6, 6.07) is 18.4. The Balaban J connectivity index is 1.47. The molecule has 0 unspecified atom stereocenters. The molecule has 1 amide bonds. The number of nitrogens with one attached hydrogen (secondary N) is 1. The number of anilines is 1. The lowest BCUT2D eigenvalue weighted by molar-refractivity contribution is -0.141. The number of hydrogen-bond acceptors (Lipinski definition) is 6. The summed E-state index contributed by atoms with van der Waals surface area (Å²) in [6.07, 6.45) is -3.33. The highest BCUT2D eigenvalue weighted by molar-refractivity contribution is 8.00. The number of thioether (sulfide) groups is 1. The predicted octanol–water partition coefficient (Wildman–Crippen LogP) is 7.29. The minimum Gasteiger partial charge on any atom is -0.463 e. The van der Waals surface area contributed by atoms with Crippen LogP contribution in [-0.2, 0) is 11.0 Å². The van der Waals surface area contributed by atoms with E-state index in [2.05, 4.69) is 15.3 Å². The van der Waals surface area contributed by atoms with Crippen LogP contribution in [0.25, 0.3) is 11.5 Å². The van der Waals surface area contributed by atoms with E-state index in [-0.39, 0.29) is 22.4 Å². The Bertz CT molecular complexity index is 1280. The zero-order valence-electron chi connectivity index (χ0n) is 17.2. The third kappa shape index (κ3) is 6.34. The van der Waals surface area contributed by atoms with E-state index in [1.54, 1.807) is 30.3 Å². The summed E-state index contributed by atoms with van der Waals surface area (Å²) < 4.78 is 45.1. The minimum atomic E-state index is -4.67. The van der Waals surface area contributed by atoms with Crippen molar-refractivity contribution in [2.75, 3.05) is 11.1 Å². The van der Waals surface area contributed by atoms with Crippen molar-refractivity contribution in [2.24, 2.45) is 0 Å². The van der Waals surface area contributed by atoms with Crippen molar-refractivity contribution in [2.45, 2.75) is 21.1 Å². The number of rotatable bonds is 7. The van der Waals surface area contributed by atoms with Crippen LogP contribution in [0.5, 0.6) is 0 Å². The van der Waals surface area contributed by atoms with Gasteiger partial charge in [0.15, 0.2) is 10.9 Å². The van der Waals surface area contributed by atoms with Crippen LogP contribution < -0.4 is 5.32 Å². The Morgan fingerprint density at radius 3 is 2.50 bits per heavy atom. The maximum atomic E-state index is 13.3. The molecule has 4 rings (SSSR count). The number of aromatic nitrogens is 2. The highest BCUT2D eigenvalue weighted by atomic mass is 35.5. The Morgan fingerprint density at radius 2 is 1.79 bits per heavy atom. The Hall–Kier alpha value is -2.95. The summed E-state index contributed by atoms with van der Waals surface area (Å²) in [7, 11) is 0. The first kappa shape index (κ1) is 24.2. The van der Waals surface area contributed by atoms with Crippen LogP contribution in [0.2, 0.25) is 5.02 Å². The number of alkyl halides is 3. The number of carbonyl (C=O) groups is 1. The molecule has 0 aliphatic heterocycles. The third-order valence-corrected chi connectivity index (χ3v) is 6.49. The van der Waals surface area contributed by atoms with E-state index in [9.17, 15) is 18.0 Å². The standard InChI is InChI=1S/C23H15ClF3N3O2S2/c24-14-7-9-15(10-8-14)34-19-6-2-1-4-16(19)28-21(31)13-33-22-29-17(18-5-3-11-32-18)12-20(30-22)23(25,26)27/h1-12H,13H2,(H,28,31). The van der Waals surface area contributed by atoms with E-state index in [1.165, 1.54) is 24.1 Å². The topological polar surface area (TPSA) is 68.0 Å². The van der Waals surface area contributed by atoms with Crippen molar-refractivity contribution >= 4 is 46.7 Å². The number of amides is 1. The Morgan fingerprint density at radius 1 is 1.03 bits per heavy atom. The fourth-order valence-corrected chi connectivity index (χ4v) is 4.48. The molecular formula is C23H15ClF3N3O2S2. The molecule has 2 heterocycles. The van der Waals surface area contributed by atoms with Crippen LogP contribution in [0, 0.1) is 0 Å². The normalized spacial score (nSPS) is 11.4. The molecule has 34 heavy (non-hydrogen) atoms. The Labute approximate surface area is 206 Å². The number of nitrogens with zero attached hydrogens (tertiary/aromatic N) is 2. The maximum absolute atomic E-state index is 13.3. The summed E-state index contributed by atoms with van der Waals surface area (Å²) in [5.41, 5.74) is -0.546. The molecule has 0 aliphatic carbocycles. The van der Waals surface area contributed by atoms with Crippen molar-refractivity contribution < 1.29 is 22.4 Å². The molecule has 0 fully saturated rings. The van der Waals surface area contributed by atoms with Gasteiger partial charge in [-0.3, -0.25) is 4.79 Å². The highest BCUT2D eigenvalue weighted by Gasteiger charge is 2.34. The SMILES string of the molecule is O=C(CSc1nc(-c2ccco2)cc(C(F)(F)F)n1)Nc1ccccc1Sc1ccc(Cl)cc1. The zero-order valence-corrected chi connectivity index (χ0v) is 19.6. The lowest BCUT2D eigenvalue weighted by atomic mass is 10.2. The predicted molar refractivity (Wildman–Crippen MR) is 126 cm³/mol. The molecule has 11 heteroatoms. The number of benzene rings is 2. The summed E-state index contributed by atoms with van der Waals surface area (Å²) in [5, 5.41) is 3.24. The average Bonchev–Trinajstić information content (AvgIpc) is 3.35. The van der Waals surface area contributed by atoms with E-state index >= 15 is 0 Å². The van der Waals surface area contributed by atoms with Gasteiger partial charge in [-0.05, 0) is 54.6 Å². The molecular weight excluding hydrogens is 507 g/mol. The van der Waals surface area contributed by atoms with Crippen LogP contribution in [0.15, 0.2) is 92.4 Å². The monoisotopic (exact) mass is 521 g/mol. The second kappa shape index (κ2) is 10.5. The lowest BCUT2D eigenvalue weighted by Gasteiger charge is -2.11. The van der Waals surface area contributed by atoms with Gasteiger partial charge < -0.3 is 9.73 Å². The number of furan rings is 1. The third-order valence-electron chi connectivity index (χ3n) is 4.30. The van der Waals surface area contributed by atoms with Gasteiger partial charge in [0.05, 0.1) is 17.7 Å². The van der Waals surface area contributed by atoms with Crippen LogP contribution in [0.1, 0.15) is 5.69 Å². The highest BCUT2D eigenvalue weighted by Crippen LogP contribution is 2.35. The first-order chi connectivity index (χ1) is 16.3. The van der Waals surface area contributed by atoms with Gasteiger partial charge in [0.2, 0.25) is 5.91 Å². The van der Waals surface area contributed by atoms with E-state index in [4.69, 9.17) is 16.0 Å². The lowest BCUT2D eigenvalue weighted by Crippen LogP contribution is -2.15. The molecule has 0 spiro atoms. The molecule has 0 aliphatic rings. The first-order valence-corrected chi connectivity index (χ1v) is 11.9. The molecule has 0 bridgehead atoms. The second-order valence-electron chi connectivity index (χ2n) is 6.79. The number of hydrogen-bond donors (Lipinski definition) is 1. The summed E-state index contributed by atoms with van der Waals surface area (Å²) in [4.78, 5) is 22.0. The number of halogens is 4. The minimum absolute atomic E-state index is 0.0139. The van der Waals surface area contributed by atoms with Crippen molar-refractivity contribution in [3.8, 4) is 11.5 Å². The van der Waals surface area contributed by atoms with Crippen LogP contribution in [-0.4, -0.2) is 21.6 Å². The van der Waals surface area contributed by atoms with Gasteiger partial charge in [-0.1, -0.05) is 47.3 Å². The van der Waals surface area contributed by atoms with Gasteiger partial charge in [-0.2, -0.15) is 13.2 Å². The van der Waals surface area contributed by atoms with Crippen LogP contribution in [0.4, 0.5) is 18.9 Å². The maximum Gasteiger partial charge on any atom is 0.433 e. The van der Waals surface area contributed by atoms with Crippen molar-refractivity contribution in [1.29, 1.82) is 0 Å². The van der Waals surface area contributed by atoms with Crippen molar-refractivity contribution in [3.05, 3.63) is 83.7 Å². The quantitative estimate of drug-likeness (QED) is 0.203. The van der Waals surface area contributed by atoms with Gasteiger partial charge in [0, 0.05) is 14.8 Å². The van der Waals surface area contributed by atoms with Crippen LogP contribution in [0.3, 0.4) is 0 Å². The Kier molecular flexibility index (Phi) is 7.50. The zero-order chi connectivity index (χ0) is 24.1. The van der Waals surface area contributed by atoms with Gasteiger partial charge in [-0.25, -0.2) is 9.97 Å². The van der Waals surface area contributed by atoms with E-state index in [1.807, 2.05) is 24.3 Å². The smallest absolute Gasteiger partial charge is 0.433 e. The number of carbonyl (C=O) groups excluding carboxylic acids is 1. The fourth-order valence-electron chi connectivity index (χ4n) is 2.79. The molecule has 1 N–H and O–H groups in total. The molecule has 4 aromatic rings. The van der Waals surface area contributed by atoms with Crippen molar-refractivity contribution in [3.63, 3.8) is 0 Å². The van der Waals surface area contributed by atoms with E-state index in [0.717, 1.165) is 27.6 Å². The molecule has 5 nitrogen and oxygen atoms in total. The van der Waals surface area contributed by atoms with Gasteiger partial charge in [-0.15, -0.1) is 0 Å². The molecule has 0 radical (unpaired) electrons. The van der Waals surface area contributed by atoms with Gasteiger partial charge in [0.25, 0.3) is 0 Å². The average molecular weight is 522 g/mol.